The predicted molar refractivity (Wildman–Crippen MR) is 77.4 cm³/mol. The monoisotopic (exact) mass is 238 g/mol. The van der Waals surface area contributed by atoms with Crippen molar-refractivity contribution in [3.8, 4) is 0 Å². The van der Waals surface area contributed by atoms with E-state index in [0.717, 1.165) is 12.8 Å². The number of rotatable bonds is 12. The molecule has 0 bridgehead atoms. The molecule has 0 spiro atoms. The summed E-state index contributed by atoms with van der Waals surface area (Å²) in [6, 6.07) is 0. The third kappa shape index (κ3) is 9.70. The molecule has 2 radical (unpaired) electrons. The lowest BCUT2D eigenvalue weighted by atomic mass is 9.90. The predicted octanol–water partition coefficient (Wildman–Crippen LogP) is 5.18. The van der Waals surface area contributed by atoms with Gasteiger partial charge >= 0.3 is 0 Å². The first-order valence-electron chi connectivity index (χ1n) is 7.56. The fourth-order valence-electron chi connectivity index (χ4n) is 2.27. The van der Waals surface area contributed by atoms with Crippen LogP contribution in [0.4, 0.5) is 0 Å². The maximum Gasteiger partial charge on any atom is 0.283 e. The van der Waals surface area contributed by atoms with Crippen LogP contribution in [0.5, 0.6) is 0 Å². The van der Waals surface area contributed by atoms with Crippen molar-refractivity contribution in [3.63, 3.8) is 0 Å². The summed E-state index contributed by atoms with van der Waals surface area (Å²) in [7, 11) is 5.46. The largest absolute Gasteiger partial charge is 0.443 e. The molecule has 0 aromatic carbocycles. The Hall–Kier alpha value is 0.0249. The van der Waals surface area contributed by atoms with Crippen LogP contribution in [0.2, 0.25) is 0 Å². The Balaban J connectivity index is 3.61. The molecule has 0 fully saturated rings. The van der Waals surface area contributed by atoms with Crippen molar-refractivity contribution in [2.75, 3.05) is 0 Å². The molecule has 0 N–H and O–H groups in total. The summed E-state index contributed by atoms with van der Waals surface area (Å²) in [4.78, 5) is 0. The van der Waals surface area contributed by atoms with Gasteiger partial charge in [0.15, 0.2) is 0 Å². The van der Waals surface area contributed by atoms with E-state index in [1.54, 1.807) is 0 Å². The van der Waals surface area contributed by atoms with Crippen molar-refractivity contribution < 1.29 is 4.65 Å². The molecule has 17 heavy (non-hydrogen) atoms. The molecule has 0 rings (SSSR count). The smallest absolute Gasteiger partial charge is 0.283 e. The molecule has 0 amide bonds. The zero-order valence-electron chi connectivity index (χ0n) is 12.3. The van der Waals surface area contributed by atoms with Crippen LogP contribution in [0.25, 0.3) is 0 Å². The van der Waals surface area contributed by atoms with Crippen LogP contribution in [0, 0.1) is 0 Å². The van der Waals surface area contributed by atoms with E-state index in [9.17, 15) is 0 Å². The van der Waals surface area contributed by atoms with E-state index in [2.05, 4.69) is 20.8 Å². The quantitative estimate of drug-likeness (QED) is 0.336. The third-order valence-electron chi connectivity index (χ3n) is 3.65. The molecule has 0 aliphatic carbocycles. The molecule has 0 aliphatic heterocycles. The second kappa shape index (κ2) is 11.1. The van der Waals surface area contributed by atoms with Gasteiger partial charge in [0, 0.05) is 5.60 Å². The van der Waals surface area contributed by atoms with E-state index in [4.69, 9.17) is 12.7 Å². The minimum atomic E-state index is -0.0834. The molecule has 0 heterocycles. The number of unbranched alkanes of at least 4 members (excludes halogenated alkanes) is 7. The lowest BCUT2D eigenvalue weighted by Crippen LogP contribution is -2.27. The maximum atomic E-state index is 5.46. The lowest BCUT2D eigenvalue weighted by Gasteiger charge is -2.29. The fourth-order valence-corrected chi connectivity index (χ4v) is 2.27. The summed E-state index contributed by atoms with van der Waals surface area (Å²) in [5.41, 5.74) is -0.0834. The summed E-state index contributed by atoms with van der Waals surface area (Å²) in [5, 5.41) is 0. The second-order valence-electron chi connectivity index (χ2n) is 5.54. The molecule has 1 atom stereocenters. The van der Waals surface area contributed by atoms with Crippen molar-refractivity contribution >= 4 is 8.05 Å². The van der Waals surface area contributed by atoms with Crippen LogP contribution in [-0.4, -0.2) is 13.7 Å². The summed E-state index contributed by atoms with van der Waals surface area (Å²) >= 11 is 0. The summed E-state index contributed by atoms with van der Waals surface area (Å²) < 4.78 is 5.22. The highest BCUT2D eigenvalue weighted by Crippen LogP contribution is 2.25. The highest BCUT2D eigenvalue weighted by molar-refractivity contribution is 5.98. The number of hydrogen-bond donors (Lipinski definition) is 0. The van der Waals surface area contributed by atoms with Gasteiger partial charge in [-0.2, -0.15) is 0 Å². The van der Waals surface area contributed by atoms with Gasteiger partial charge < -0.3 is 4.65 Å². The Morgan fingerprint density at radius 2 is 1.18 bits per heavy atom. The van der Waals surface area contributed by atoms with Gasteiger partial charge in [-0.1, -0.05) is 71.6 Å². The first-order valence-corrected chi connectivity index (χ1v) is 7.56. The van der Waals surface area contributed by atoms with Crippen LogP contribution in [-0.2, 0) is 4.65 Å². The number of hydrogen-bond acceptors (Lipinski definition) is 1. The molecule has 1 nitrogen and oxygen atoms in total. The normalized spacial score (nSPS) is 14.8. The average Bonchev–Trinajstić information content (AvgIpc) is 2.34. The van der Waals surface area contributed by atoms with Gasteiger partial charge in [-0.15, -0.1) is 0 Å². The summed E-state index contributed by atoms with van der Waals surface area (Å²) in [5.74, 6) is 0. The minimum absolute atomic E-state index is 0.0834. The van der Waals surface area contributed by atoms with E-state index < -0.39 is 0 Å². The van der Waals surface area contributed by atoms with Crippen molar-refractivity contribution in [2.45, 2.75) is 97.0 Å². The van der Waals surface area contributed by atoms with Crippen molar-refractivity contribution in [1.82, 2.24) is 0 Å². The van der Waals surface area contributed by atoms with E-state index in [0.29, 0.717) is 0 Å². The topological polar surface area (TPSA) is 9.23 Å². The fraction of sp³-hybridized carbons (Fsp3) is 1.00. The molecule has 0 aromatic rings. The Labute approximate surface area is 110 Å². The van der Waals surface area contributed by atoms with Gasteiger partial charge in [0.05, 0.1) is 0 Å². The molecule has 2 heteroatoms. The first kappa shape index (κ1) is 17.0. The average molecular weight is 238 g/mol. The maximum absolute atomic E-state index is 5.46. The molecule has 0 aliphatic rings. The van der Waals surface area contributed by atoms with Crippen LogP contribution in [0.3, 0.4) is 0 Å². The van der Waals surface area contributed by atoms with Gasteiger partial charge in [-0.3, -0.25) is 0 Å². The summed E-state index contributed by atoms with van der Waals surface area (Å²) in [6.45, 7) is 6.66. The first-order chi connectivity index (χ1) is 8.18. The molecule has 0 saturated carbocycles. The zero-order chi connectivity index (χ0) is 13.0. The Morgan fingerprint density at radius 1 is 0.765 bits per heavy atom. The van der Waals surface area contributed by atoms with E-state index in [1.165, 1.54) is 57.8 Å². The van der Waals surface area contributed by atoms with Crippen LogP contribution >= 0.6 is 0 Å². The van der Waals surface area contributed by atoms with Gasteiger partial charge in [0.2, 0.25) is 0 Å². The zero-order valence-corrected chi connectivity index (χ0v) is 12.3. The SMILES string of the molecule is [B]OC(C)(CCCCCC)CCCCCCC. The van der Waals surface area contributed by atoms with Crippen molar-refractivity contribution in [3.05, 3.63) is 0 Å². The lowest BCUT2D eigenvalue weighted by molar-refractivity contribution is 0.0745. The van der Waals surface area contributed by atoms with Crippen LogP contribution < -0.4 is 0 Å². The van der Waals surface area contributed by atoms with Gasteiger partial charge in [-0.25, -0.2) is 0 Å². The molecule has 1 unspecified atom stereocenters. The van der Waals surface area contributed by atoms with Gasteiger partial charge in [0.25, 0.3) is 8.05 Å². The molecule has 0 aromatic heterocycles. The van der Waals surface area contributed by atoms with Crippen molar-refractivity contribution in [2.24, 2.45) is 0 Å². The van der Waals surface area contributed by atoms with Crippen LogP contribution in [0.1, 0.15) is 91.4 Å². The van der Waals surface area contributed by atoms with E-state index in [-0.39, 0.29) is 5.60 Å². The molecular weight excluding hydrogens is 207 g/mol. The second-order valence-corrected chi connectivity index (χ2v) is 5.54. The highest BCUT2D eigenvalue weighted by Gasteiger charge is 2.21. The molecule has 0 saturated heterocycles. The standard InChI is InChI=1S/C15H31BO/c1-4-6-8-10-12-14-15(3,17-16)13-11-9-7-5-2/h4-14H2,1-3H3. The van der Waals surface area contributed by atoms with Crippen molar-refractivity contribution in [1.29, 1.82) is 0 Å². The highest BCUT2D eigenvalue weighted by atomic mass is 16.4. The van der Waals surface area contributed by atoms with Gasteiger partial charge in [0.1, 0.15) is 0 Å². The summed E-state index contributed by atoms with van der Waals surface area (Å²) in [6.07, 6.45) is 14.0. The minimum Gasteiger partial charge on any atom is -0.443 e. The van der Waals surface area contributed by atoms with E-state index in [1.807, 2.05) is 0 Å². The third-order valence-corrected chi connectivity index (χ3v) is 3.65. The molecular formula is C15H31BO. The van der Waals surface area contributed by atoms with E-state index >= 15 is 0 Å². The Bertz CT molecular complexity index is 161. The molecule has 100 valence electrons. The van der Waals surface area contributed by atoms with Crippen LogP contribution in [0.15, 0.2) is 0 Å². The Morgan fingerprint density at radius 3 is 1.59 bits per heavy atom. The Kier molecular flexibility index (Phi) is 11.2. The van der Waals surface area contributed by atoms with Gasteiger partial charge in [-0.05, 0) is 19.8 Å².